The summed E-state index contributed by atoms with van der Waals surface area (Å²) < 4.78 is 18.5. The number of anilines is 2. The summed E-state index contributed by atoms with van der Waals surface area (Å²) >= 11 is 0. The number of hydrogen-bond donors (Lipinski definition) is 2. The van der Waals surface area contributed by atoms with Gasteiger partial charge in [-0.25, -0.2) is 4.39 Å². The maximum Gasteiger partial charge on any atom is 0.256 e. The van der Waals surface area contributed by atoms with Crippen LogP contribution in [0, 0.1) is 12.7 Å². The average Bonchev–Trinajstić information content (AvgIpc) is 2.70. The third-order valence-electron chi connectivity index (χ3n) is 4.20. The maximum atomic E-state index is 13.4. The van der Waals surface area contributed by atoms with Gasteiger partial charge in [-0.3, -0.25) is 9.59 Å². The summed E-state index contributed by atoms with van der Waals surface area (Å²) in [6, 6.07) is 17.5. The average molecular weight is 378 g/mol. The van der Waals surface area contributed by atoms with Crippen molar-refractivity contribution >= 4 is 23.2 Å². The highest BCUT2D eigenvalue weighted by Gasteiger charge is 2.11. The Morgan fingerprint density at radius 3 is 2.00 bits per heavy atom. The van der Waals surface area contributed by atoms with Gasteiger partial charge in [-0.1, -0.05) is 6.07 Å². The Bertz CT molecular complexity index is 999. The van der Waals surface area contributed by atoms with Gasteiger partial charge in [0.05, 0.1) is 7.11 Å². The van der Waals surface area contributed by atoms with Crippen LogP contribution in [0.3, 0.4) is 0 Å². The Labute approximate surface area is 162 Å². The first-order valence-corrected chi connectivity index (χ1v) is 8.59. The Balaban J connectivity index is 1.66. The SMILES string of the molecule is COc1ccc(NC(=O)c2ccc(NC(=O)c3cc(F)ccc3C)cc2)cc1. The second-order valence-electron chi connectivity index (χ2n) is 6.17. The van der Waals surface area contributed by atoms with Crippen molar-refractivity contribution in [2.24, 2.45) is 0 Å². The Hall–Kier alpha value is -3.67. The number of benzene rings is 3. The van der Waals surface area contributed by atoms with Crippen LogP contribution in [0.2, 0.25) is 0 Å². The zero-order valence-electron chi connectivity index (χ0n) is 15.5. The van der Waals surface area contributed by atoms with Gasteiger partial charge in [-0.15, -0.1) is 0 Å². The first-order chi connectivity index (χ1) is 13.5. The summed E-state index contributed by atoms with van der Waals surface area (Å²) in [5.41, 5.74) is 2.53. The van der Waals surface area contributed by atoms with Crippen LogP contribution in [0.25, 0.3) is 0 Å². The third kappa shape index (κ3) is 4.54. The summed E-state index contributed by atoms with van der Waals surface area (Å²) in [5.74, 6) is -0.454. The highest BCUT2D eigenvalue weighted by Crippen LogP contribution is 2.18. The molecule has 0 heterocycles. The van der Waals surface area contributed by atoms with Crippen molar-refractivity contribution in [3.63, 3.8) is 0 Å². The second-order valence-corrected chi connectivity index (χ2v) is 6.17. The lowest BCUT2D eigenvalue weighted by Gasteiger charge is -2.09. The molecule has 0 aliphatic carbocycles. The van der Waals surface area contributed by atoms with E-state index in [2.05, 4.69) is 10.6 Å². The van der Waals surface area contributed by atoms with E-state index in [9.17, 15) is 14.0 Å². The fourth-order valence-electron chi connectivity index (χ4n) is 2.62. The number of halogens is 1. The van der Waals surface area contributed by atoms with Crippen molar-refractivity contribution in [2.75, 3.05) is 17.7 Å². The Morgan fingerprint density at radius 2 is 1.39 bits per heavy atom. The highest BCUT2D eigenvalue weighted by atomic mass is 19.1. The summed E-state index contributed by atoms with van der Waals surface area (Å²) in [6.45, 7) is 1.74. The molecule has 2 N–H and O–H groups in total. The lowest BCUT2D eigenvalue weighted by atomic mass is 10.1. The van der Waals surface area contributed by atoms with Gasteiger partial charge >= 0.3 is 0 Å². The van der Waals surface area contributed by atoms with Gasteiger partial charge < -0.3 is 15.4 Å². The molecule has 6 heteroatoms. The van der Waals surface area contributed by atoms with Gasteiger partial charge in [0.25, 0.3) is 11.8 Å². The van der Waals surface area contributed by atoms with E-state index in [0.29, 0.717) is 28.3 Å². The maximum absolute atomic E-state index is 13.4. The molecule has 0 spiro atoms. The molecule has 2 amide bonds. The zero-order valence-corrected chi connectivity index (χ0v) is 15.5. The molecule has 0 fully saturated rings. The summed E-state index contributed by atoms with van der Waals surface area (Å²) in [5, 5.41) is 5.49. The van der Waals surface area contributed by atoms with Crippen LogP contribution in [0.15, 0.2) is 66.7 Å². The monoisotopic (exact) mass is 378 g/mol. The fourth-order valence-corrected chi connectivity index (χ4v) is 2.62. The molecular formula is C22H19FN2O3. The number of carbonyl (C=O) groups excluding carboxylic acids is 2. The molecule has 0 aliphatic rings. The topological polar surface area (TPSA) is 67.4 Å². The number of hydrogen-bond acceptors (Lipinski definition) is 3. The smallest absolute Gasteiger partial charge is 0.256 e. The van der Waals surface area contributed by atoms with Gasteiger partial charge in [0.15, 0.2) is 0 Å². The van der Waals surface area contributed by atoms with Gasteiger partial charge in [0, 0.05) is 22.5 Å². The molecule has 3 rings (SSSR count). The van der Waals surface area contributed by atoms with Crippen molar-refractivity contribution < 1.29 is 18.7 Å². The molecule has 0 unspecified atom stereocenters. The number of carbonyl (C=O) groups is 2. The van der Waals surface area contributed by atoms with E-state index in [0.717, 1.165) is 0 Å². The number of aryl methyl sites for hydroxylation is 1. The Kier molecular flexibility index (Phi) is 5.69. The van der Waals surface area contributed by atoms with E-state index in [1.807, 2.05) is 0 Å². The molecule has 0 radical (unpaired) electrons. The number of ether oxygens (including phenoxy) is 1. The number of nitrogens with one attached hydrogen (secondary N) is 2. The molecular weight excluding hydrogens is 359 g/mol. The van der Waals surface area contributed by atoms with Gasteiger partial charge in [0.1, 0.15) is 11.6 Å². The van der Waals surface area contributed by atoms with Crippen LogP contribution in [-0.2, 0) is 0 Å². The van der Waals surface area contributed by atoms with Crippen LogP contribution >= 0.6 is 0 Å². The van der Waals surface area contributed by atoms with E-state index in [-0.39, 0.29) is 11.5 Å². The zero-order chi connectivity index (χ0) is 20.1. The fraction of sp³-hybridized carbons (Fsp3) is 0.0909. The lowest BCUT2D eigenvalue weighted by molar-refractivity contribution is 0.101. The summed E-state index contributed by atoms with van der Waals surface area (Å²) in [4.78, 5) is 24.7. The van der Waals surface area contributed by atoms with E-state index < -0.39 is 11.7 Å². The minimum absolute atomic E-state index is 0.265. The van der Waals surface area contributed by atoms with Crippen LogP contribution < -0.4 is 15.4 Å². The second kappa shape index (κ2) is 8.35. The van der Waals surface area contributed by atoms with Crippen molar-refractivity contribution in [2.45, 2.75) is 6.92 Å². The predicted molar refractivity (Wildman–Crippen MR) is 106 cm³/mol. The lowest BCUT2D eigenvalue weighted by Crippen LogP contribution is -2.14. The molecule has 28 heavy (non-hydrogen) atoms. The number of rotatable bonds is 5. The van der Waals surface area contributed by atoms with Gasteiger partial charge in [-0.2, -0.15) is 0 Å². The predicted octanol–water partition coefficient (Wildman–Crippen LogP) is 4.65. The third-order valence-corrected chi connectivity index (χ3v) is 4.20. The number of methoxy groups -OCH3 is 1. The largest absolute Gasteiger partial charge is 0.497 e. The summed E-state index contributed by atoms with van der Waals surface area (Å²) in [7, 11) is 1.57. The molecule has 3 aromatic rings. The van der Waals surface area contributed by atoms with E-state index in [1.165, 1.54) is 12.1 Å². The number of amides is 2. The molecule has 0 bridgehead atoms. The van der Waals surface area contributed by atoms with E-state index in [1.54, 1.807) is 68.6 Å². The minimum Gasteiger partial charge on any atom is -0.497 e. The van der Waals surface area contributed by atoms with Gasteiger partial charge in [-0.05, 0) is 73.2 Å². The molecule has 0 aliphatic heterocycles. The van der Waals surface area contributed by atoms with Gasteiger partial charge in [0.2, 0.25) is 0 Å². The molecule has 0 aromatic heterocycles. The van der Waals surface area contributed by atoms with Crippen LogP contribution in [0.5, 0.6) is 5.75 Å². The van der Waals surface area contributed by atoms with Crippen molar-refractivity contribution in [3.8, 4) is 5.75 Å². The molecule has 3 aromatic carbocycles. The first-order valence-electron chi connectivity index (χ1n) is 8.59. The summed E-state index contributed by atoms with van der Waals surface area (Å²) in [6.07, 6.45) is 0. The molecule has 0 saturated carbocycles. The molecule has 0 saturated heterocycles. The highest BCUT2D eigenvalue weighted by molar-refractivity contribution is 6.06. The quantitative estimate of drug-likeness (QED) is 0.679. The van der Waals surface area contributed by atoms with Crippen molar-refractivity contribution in [3.05, 3.63) is 89.2 Å². The standard InChI is InChI=1S/C22H19FN2O3/c1-14-3-6-16(23)13-20(14)22(27)25-17-7-4-15(5-8-17)21(26)24-18-9-11-19(28-2)12-10-18/h3-13H,1-2H3,(H,24,26)(H,25,27). The van der Waals surface area contributed by atoms with Crippen LogP contribution in [0.4, 0.5) is 15.8 Å². The van der Waals surface area contributed by atoms with E-state index in [4.69, 9.17) is 4.74 Å². The minimum atomic E-state index is -0.471. The molecule has 0 atom stereocenters. The van der Waals surface area contributed by atoms with E-state index >= 15 is 0 Å². The molecule has 5 nitrogen and oxygen atoms in total. The van der Waals surface area contributed by atoms with Crippen LogP contribution in [0.1, 0.15) is 26.3 Å². The Morgan fingerprint density at radius 1 is 0.821 bits per heavy atom. The first kappa shape index (κ1) is 19.1. The molecule has 142 valence electrons. The van der Waals surface area contributed by atoms with Crippen LogP contribution in [-0.4, -0.2) is 18.9 Å². The van der Waals surface area contributed by atoms with Crippen molar-refractivity contribution in [1.29, 1.82) is 0 Å². The van der Waals surface area contributed by atoms with Crippen molar-refractivity contribution in [1.82, 2.24) is 0 Å². The normalized spacial score (nSPS) is 10.2.